The van der Waals surface area contributed by atoms with Gasteiger partial charge in [0.05, 0.1) is 0 Å². The molecule has 0 spiro atoms. The first-order chi connectivity index (χ1) is 10.6. The molecule has 7 heteroatoms. The van der Waals surface area contributed by atoms with Gasteiger partial charge in [-0.05, 0) is 26.0 Å². The lowest BCUT2D eigenvalue weighted by molar-refractivity contribution is -0.121. The molecular formula is C16H23ClN4O2. The SMILES string of the molecule is CCc1ccc(-c2noc(C(C)NC(=O)CCNC)n2)cc1.Cl. The number of hydrogen-bond donors (Lipinski definition) is 2. The molecule has 2 rings (SSSR count). The molecule has 1 heterocycles. The van der Waals surface area contributed by atoms with Gasteiger partial charge in [-0.3, -0.25) is 4.79 Å². The molecule has 0 radical (unpaired) electrons. The number of aromatic nitrogens is 2. The molecule has 1 aromatic carbocycles. The van der Waals surface area contributed by atoms with Gasteiger partial charge in [0.2, 0.25) is 17.6 Å². The van der Waals surface area contributed by atoms with Gasteiger partial charge in [-0.25, -0.2) is 0 Å². The second kappa shape index (κ2) is 9.27. The average molecular weight is 339 g/mol. The Morgan fingerprint density at radius 3 is 2.61 bits per heavy atom. The van der Waals surface area contributed by atoms with Crippen LogP contribution < -0.4 is 10.6 Å². The molecule has 2 aromatic rings. The molecule has 23 heavy (non-hydrogen) atoms. The van der Waals surface area contributed by atoms with E-state index in [-0.39, 0.29) is 24.4 Å². The van der Waals surface area contributed by atoms with Gasteiger partial charge in [-0.1, -0.05) is 36.3 Å². The Balaban J connectivity index is 0.00000264. The molecule has 1 unspecified atom stereocenters. The summed E-state index contributed by atoms with van der Waals surface area (Å²) in [6.07, 6.45) is 1.41. The molecule has 0 aliphatic heterocycles. The Hall–Kier alpha value is -1.92. The van der Waals surface area contributed by atoms with Crippen LogP contribution in [0.2, 0.25) is 0 Å². The van der Waals surface area contributed by atoms with Crippen LogP contribution in [0.25, 0.3) is 11.4 Å². The van der Waals surface area contributed by atoms with Crippen molar-refractivity contribution >= 4 is 18.3 Å². The van der Waals surface area contributed by atoms with Crippen LogP contribution in [0.3, 0.4) is 0 Å². The predicted octanol–water partition coefficient (Wildman–Crippen LogP) is 2.51. The third-order valence-corrected chi connectivity index (χ3v) is 3.41. The van der Waals surface area contributed by atoms with E-state index >= 15 is 0 Å². The monoisotopic (exact) mass is 338 g/mol. The van der Waals surface area contributed by atoms with Crippen LogP contribution in [0.15, 0.2) is 28.8 Å². The molecule has 0 bridgehead atoms. The van der Waals surface area contributed by atoms with E-state index in [0.29, 0.717) is 24.7 Å². The van der Waals surface area contributed by atoms with Gasteiger partial charge < -0.3 is 15.2 Å². The Kier molecular flexibility index (Phi) is 7.71. The summed E-state index contributed by atoms with van der Waals surface area (Å²) in [6.45, 7) is 4.58. The number of nitrogens with zero attached hydrogens (tertiary/aromatic N) is 2. The lowest BCUT2D eigenvalue weighted by Crippen LogP contribution is -2.29. The molecule has 126 valence electrons. The summed E-state index contributed by atoms with van der Waals surface area (Å²) in [7, 11) is 1.81. The molecule has 0 aliphatic rings. The molecule has 0 fully saturated rings. The van der Waals surface area contributed by atoms with Gasteiger partial charge >= 0.3 is 0 Å². The van der Waals surface area contributed by atoms with Gasteiger partial charge in [0, 0.05) is 18.5 Å². The van der Waals surface area contributed by atoms with Crippen LogP contribution in [0, 0.1) is 0 Å². The summed E-state index contributed by atoms with van der Waals surface area (Å²) in [5.74, 6) is 0.898. The second-order valence-electron chi connectivity index (χ2n) is 5.15. The van der Waals surface area contributed by atoms with Gasteiger partial charge in [-0.15, -0.1) is 12.4 Å². The number of rotatable bonds is 7. The summed E-state index contributed by atoms with van der Waals surface area (Å²) in [6, 6.07) is 7.75. The molecule has 6 nitrogen and oxygen atoms in total. The van der Waals surface area contributed by atoms with Crippen molar-refractivity contribution < 1.29 is 9.32 Å². The Bertz CT molecular complexity index is 613. The van der Waals surface area contributed by atoms with E-state index in [9.17, 15) is 4.79 Å². The summed E-state index contributed by atoms with van der Waals surface area (Å²) < 4.78 is 5.25. The first kappa shape index (κ1) is 19.1. The van der Waals surface area contributed by atoms with E-state index in [2.05, 4.69) is 27.7 Å². The number of halogens is 1. The molecule has 0 saturated carbocycles. The molecular weight excluding hydrogens is 316 g/mol. The topological polar surface area (TPSA) is 80.0 Å². The van der Waals surface area contributed by atoms with Crippen molar-refractivity contribution in [2.45, 2.75) is 32.7 Å². The zero-order valence-corrected chi connectivity index (χ0v) is 14.4. The molecule has 0 aliphatic carbocycles. The maximum absolute atomic E-state index is 11.7. The number of benzene rings is 1. The lowest BCUT2D eigenvalue weighted by atomic mass is 10.1. The third-order valence-electron chi connectivity index (χ3n) is 3.41. The summed E-state index contributed by atoms with van der Waals surface area (Å²) in [4.78, 5) is 16.1. The zero-order chi connectivity index (χ0) is 15.9. The molecule has 2 N–H and O–H groups in total. The van der Waals surface area contributed by atoms with E-state index in [1.165, 1.54) is 5.56 Å². The van der Waals surface area contributed by atoms with E-state index in [4.69, 9.17) is 4.52 Å². The van der Waals surface area contributed by atoms with Crippen molar-refractivity contribution in [1.29, 1.82) is 0 Å². The van der Waals surface area contributed by atoms with Crippen molar-refractivity contribution in [3.63, 3.8) is 0 Å². The minimum Gasteiger partial charge on any atom is -0.345 e. The molecule has 1 atom stereocenters. The fourth-order valence-electron chi connectivity index (χ4n) is 2.03. The van der Waals surface area contributed by atoms with Crippen LogP contribution in [0.4, 0.5) is 0 Å². The number of amides is 1. The maximum atomic E-state index is 11.7. The van der Waals surface area contributed by atoms with Crippen LogP contribution in [0.1, 0.15) is 37.8 Å². The molecule has 1 amide bonds. The summed E-state index contributed by atoms with van der Waals surface area (Å²) in [5, 5.41) is 9.76. The second-order valence-corrected chi connectivity index (χ2v) is 5.15. The lowest BCUT2D eigenvalue weighted by Gasteiger charge is -2.09. The smallest absolute Gasteiger partial charge is 0.249 e. The molecule has 1 aromatic heterocycles. The number of nitrogens with one attached hydrogen (secondary N) is 2. The fourth-order valence-corrected chi connectivity index (χ4v) is 2.03. The number of aryl methyl sites for hydroxylation is 1. The Morgan fingerprint density at radius 1 is 1.30 bits per heavy atom. The quantitative estimate of drug-likeness (QED) is 0.810. The highest BCUT2D eigenvalue weighted by atomic mass is 35.5. The van der Waals surface area contributed by atoms with Gasteiger partial charge in [0.25, 0.3) is 0 Å². The van der Waals surface area contributed by atoms with Gasteiger partial charge in [0.1, 0.15) is 6.04 Å². The van der Waals surface area contributed by atoms with Gasteiger partial charge in [-0.2, -0.15) is 4.98 Å². The first-order valence-corrected chi connectivity index (χ1v) is 7.51. The largest absolute Gasteiger partial charge is 0.345 e. The van der Waals surface area contributed by atoms with E-state index in [1.807, 2.05) is 38.2 Å². The van der Waals surface area contributed by atoms with Crippen molar-refractivity contribution in [1.82, 2.24) is 20.8 Å². The number of carbonyl (C=O) groups excluding carboxylic acids is 1. The zero-order valence-electron chi connectivity index (χ0n) is 13.6. The number of hydrogen-bond acceptors (Lipinski definition) is 5. The average Bonchev–Trinajstić information content (AvgIpc) is 3.03. The van der Waals surface area contributed by atoms with Crippen molar-refractivity contribution in [3.8, 4) is 11.4 Å². The minimum atomic E-state index is -0.305. The standard InChI is InChI=1S/C16H22N4O2.ClH/c1-4-12-5-7-13(8-6-12)15-19-16(22-20-15)11(2)18-14(21)9-10-17-3;/h5-8,11,17H,4,9-10H2,1-3H3,(H,18,21);1H. The Morgan fingerprint density at radius 2 is 2.00 bits per heavy atom. The highest BCUT2D eigenvalue weighted by Crippen LogP contribution is 2.19. The first-order valence-electron chi connectivity index (χ1n) is 7.51. The van der Waals surface area contributed by atoms with E-state index in [0.717, 1.165) is 12.0 Å². The normalized spacial score (nSPS) is 11.6. The summed E-state index contributed by atoms with van der Waals surface area (Å²) >= 11 is 0. The third kappa shape index (κ3) is 5.33. The van der Waals surface area contributed by atoms with Gasteiger partial charge in [0.15, 0.2) is 0 Å². The Labute approximate surface area is 142 Å². The number of carbonyl (C=O) groups is 1. The minimum absolute atomic E-state index is 0. The fraction of sp³-hybridized carbons (Fsp3) is 0.438. The highest BCUT2D eigenvalue weighted by molar-refractivity contribution is 5.85. The van der Waals surface area contributed by atoms with E-state index < -0.39 is 0 Å². The van der Waals surface area contributed by atoms with Crippen molar-refractivity contribution in [2.75, 3.05) is 13.6 Å². The van der Waals surface area contributed by atoms with Crippen LogP contribution in [-0.2, 0) is 11.2 Å². The van der Waals surface area contributed by atoms with E-state index in [1.54, 1.807) is 0 Å². The predicted molar refractivity (Wildman–Crippen MR) is 91.5 cm³/mol. The van der Waals surface area contributed by atoms with Crippen LogP contribution in [-0.4, -0.2) is 29.6 Å². The van der Waals surface area contributed by atoms with Crippen LogP contribution in [0.5, 0.6) is 0 Å². The van der Waals surface area contributed by atoms with Crippen molar-refractivity contribution in [2.24, 2.45) is 0 Å². The highest BCUT2D eigenvalue weighted by Gasteiger charge is 2.17. The maximum Gasteiger partial charge on any atom is 0.249 e. The van der Waals surface area contributed by atoms with Crippen molar-refractivity contribution in [3.05, 3.63) is 35.7 Å². The summed E-state index contributed by atoms with van der Waals surface area (Å²) in [5.41, 5.74) is 2.17. The van der Waals surface area contributed by atoms with Crippen LogP contribution >= 0.6 is 12.4 Å². The molecule has 0 saturated heterocycles.